The van der Waals surface area contributed by atoms with Crippen LogP contribution in [0.3, 0.4) is 0 Å². The second-order valence-electron chi connectivity index (χ2n) is 31.5. The zero-order valence-corrected chi connectivity index (χ0v) is 77.4. The Bertz CT molecular complexity index is 4620. The van der Waals surface area contributed by atoms with Gasteiger partial charge in [-0.05, 0) is 60.3 Å². The molecular weight excluding hydrogens is 1680 g/mol. The van der Waals surface area contributed by atoms with Gasteiger partial charge in [-0.25, -0.2) is 43.0 Å². The topological polar surface area (TPSA) is 412 Å². The molecule has 9 aliphatic rings. The van der Waals surface area contributed by atoms with E-state index in [9.17, 15) is 43.2 Å². The van der Waals surface area contributed by atoms with Crippen molar-refractivity contribution in [2.75, 3.05) is 95.7 Å². The first-order valence-electron chi connectivity index (χ1n) is 42.3. The molecule has 0 saturated carbocycles. The molecule has 688 valence electrons. The first-order chi connectivity index (χ1) is 60.6. The van der Waals surface area contributed by atoms with E-state index in [0.29, 0.717) is 75.8 Å². The van der Waals surface area contributed by atoms with E-state index >= 15 is 0 Å². The summed E-state index contributed by atoms with van der Waals surface area (Å²) in [6.45, 7) is 37.9. The predicted octanol–water partition coefficient (Wildman–Crippen LogP) is 9.19. The summed E-state index contributed by atoms with van der Waals surface area (Å²) in [6, 6.07) is 7.46. The van der Waals surface area contributed by atoms with Crippen LogP contribution < -0.4 is 24.3 Å². The van der Waals surface area contributed by atoms with E-state index in [2.05, 4.69) is 36.3 Å². The van der Waals surface area contributed by atoms with Crippen LogP contribution in [0.2, 0.25) is 0 Å². The third-order valence-corrected chi connectivity index (χ3v) is 23.7. The Balaban J connectivity index is 0.000000149. The summed E-state index contributed by atoms with van der Waals surface area (Å²) < 4.78 is 66.1. The van der Waals surface area contributed by atoms with Crippen LogP contribution in [-0.2, 0) is 52.6 Å². The number of nitrogens with one attached hydrogen (secondary N) is 1. The maximum Gasteiger partial charge on any atom is 0.304 e. The monoisotopic (exact) mass is 1800 g/mol. The number of amides is 9. The summed E-state index contributed by atoms with van der Waals surface area (Å²) in [4.78, 5) is 138. The molecule has 9 unspecified atom stereocenters. The van der Waals surface area contributed by atoms with Crippen molar-refractivity contribution in [3.05, 3.63) is 173 Å². The number of ether oxygens (including phenoxy) is 2. The third-order valence-electron chi connectivity index (χ3n) is 21.6. The van der Waals surface area contributed by atoms with E-state index < -0.39 is 0 Å². The molecule has 8 saturated heterocycles. The Morgan fingerprint density at radius 1 is 0.346 bits per heavy atom. The molecule has 1 N–H and O–H groups in total. The number of aromatic nitrogens is 9. The van der Waals surface area contributed by atoms with E-state index in [1.54, 1.807) is 151 Å². The molecule has 0 radical (unpaired) electrons. The average molecular weight is 1810 g/mol. The van der Waals surface area contributed by atoms with Gasteiger partial charge in [-0.1, -0.05) is 12.2 Å². The summed E-state index contributed by atoms with van der Waals surface area (Å²) in [6.07, 6.45) is 25.7. The van der Waals surface area contributed by atoms with Crippen LogP contribution in [0, 0.1) is 62.3 Å². The van der Waals surface area contributed by atoms with E-state index in [-0.39, 0.29) is 108 Å². The normalized spacial score (nSPS) is 21.5. The highest BCUT2D eigenvalue weighted by molar-refractivity contribution is 7.99. The van der Waals surface area contributed by atoms with Gasteiger partial charge in [0.2, 0.25) is 107 Å². The van der Waals surface area contributed by atoms with Gasteiger partial charge in [0.1, 0.15) is 79.1 Å². The molecule has 0 aromatic carbocycles. The quantitative estimate of drug-likeness (QED) is 0.104. The lowest BCUT2D eigenvalue weighted by atomic mass is 10.1. The van der Waals surface area contributed by atoms with Gasteiger partial charge in [-0.3, -0.25) is 62.8 Å². The number of aryl methyl sites for hydroxylation is 9. The maximum absolute atomic E-state index is 11.4. The van der Waals surface area contributed by atoms with Crippen LogP contribution in [0.5, 0.6) is 0 Å². The minimum Gasteiger partial charge on any atom is -0.444 e. The second-order valence-corrected chi connectivity index (χ2v) is 33.5. The maximum atomic E-state index is 11.4. The van der Waals surface area contributed by atoms with Crippen LogP contribution in [0.15, 0.2) is 132 Å². The highest BCUT2D eigenvalue weighted by Gasteiger charge is 2.43. The summed E-state index contributed by atoms with van der Waals surface area (Å²) in [5.74, 6) is 14.4. The summed E-state index contributed by atoms with van der Waals surface area (Å²) >= 11 is 3.47. The van der Waals surface area contributed by atoms with Crippen LogP contribution in [0.4, 0.5) is 0 Å². The number of thioether (sulfide) groups is 2. The largest absolute Gasteiger partial charge is 0.444 e. The molecule has 0 spiro atoms. The van der Waals surface area contributed by atoms with Gasteiger partial charge in [-0.2, -0.15) is 0 Å². The van der Waals surface area contributed by atoms with Crippen LogP contribution in [-0.4, -0.2) is 218 Å². The van der Waals surface area contributed by atoms with Crippen LogP contribution in [0.1, 0.15) is 237 Å². The van der Waals surface area contributed by atoms with Crippen molar-refractivity contribution in [2.24, 2.45) is 0 Å². The molecule has 39 nitrogen and oxygen atoms in total. The second kappa shape index (κ2) is 46.3. The van der Waals surface area contributed by atoms with Gasteiger partial charge >= 0.3 is 6.17 Å². The number of rotatable bonds is 9. The Labute approximate surface area is 746 Å². The molecule has 0 aliphatic carbocycles. The first kappa shape index (κ1) is 97.6. The lowest BCUT2D eigenvalue weighted by molar-refractivity contribution is -0.903. The zero-order valence-electron chi connectivity index (χ0n) is 75.7. The van der Waals surface area contributed by atoms with E-state index in [1.807, 2.05) is 132 Å². The Kier molecular flexibility index (Phi) is 35.6. The molecule has 9 aromatic heterocycles. The number of carbonyl (C=O) groups excluding carboxylic acids is 9. The molecule has 9 amide bonds. The smallest absolute Gasteiger partial charge is 0.304 e. The number of carbonyl (C=O) groups is 9. The third kappa shape index (κ3) is 26.8. The van der Waals surface area contributed by atoms with Crippen molar-refractivity contribution in [1.82, 2.24) is 74.3 Å². The Hall–Kier alpha value is -11.6. The summed E-state index contributed by atoms with van der Waals surface area (Å²) in [5.41, 5.74) is 0. The number of oxazole rings is 5. The fraction of sp³-hybridized carbons (Fsp3) is 0.558. The Morgan fingerprint density at radius 3 is 1.12 bits per heavy atom. The lowest BCUT2D eigenvalue weighted by Gasteiger charge is -2.33. The van der Waals surface area contributed by atoms with Gasteiger partial charge < -0.3 is 61.4 Å². The minimum absolute atomic E-state index is 0.00551. The first-order valence-corrected chi connectivity index (χ1v) is 44.6. The van der Waals surface area contributed by atoms with E-state index in [4.69, 9.17) is 49.7 Å². The van der Waals surface area contributed by atoms with Crippen molar-refractivity contribution >= 4 is 76.7 Å². The van der Waals surface area contributed by atoms with Gasteiger partial charge in [0.15, 0.2) is 23.0 Å². The van der Waals surface area contributed by atoms with Gasteiger partial charge in [0.05, 0.1) is 92.2 Å². The highest BCUT2D eigenvalue weighted by Crippen LogP contribution is 2.36. The molecule has 9 aromatic rings. The minimum atomic E-state index is -0.166. The lowest BCUT2D eigenvalue weighted by Crippen LogP contribution is -2.58. The molecule has 9 atom stereocenters. The summed E-state index contributed by atoms with van der Waals surface area (Å²) in [7, 11) is 0. The number of hydrogen-bond acceptors (Lipinski definition) is 28. The number of nitrogens with zero attached hydrogens (tertiary/aromatic N) is 18. The number of hydrogen-bond donors (Lipinski definition) is 1. The molecular formula is C86H121N19O20S2+4. The molecule has 18 heterocycles. The van der Waals surface area contributed by atoms with Crippen molar-refractivity contribution in [3.8, 4) is 0 Å². The molecule has 18 rings (SSSR count). The van der Waals surface area contributed by atoms with Crippen molar-refractivity contribution in [3.63, 3.8) is 0 Å². The van der Waals surface area contributed by atoms with Crippen molar-refractivity contribution < 1.29 is 112 Å². The molecule has 9 aliphatic heterocycles. The SMILES string of the molecule is CC(=O)N1CC=CCC1[n+]1ccc(C)o1.CC(=O)N1CCC1[n+]1ccc(C)o1.CC(=O)N1CCCC1c1ncc(C)o1.CC(=O)N1CCCC1c1ncc(C)o1.CC(=O)N1CCNCC1c1ncc(C)o1.CC(=O)N1COCC1[n+]1ccc(C)o1.CC(=O)N1COCC1c1ncc(C)o1.CC(=O)N1CSCC1[n+]1ccc(C)o1.CC(=O)N1CSCC1c1ncc(C)o1. The van der Waals surface area contributed by atoms with Gasteiger partial charge in [0.25, 0.3) is 18.5 Å². The molecule has 127 heavy (non-hydrogen) atoms. The zero-order chi connectivity index (χ0) is 91.9. The van der Waals surface area contributed by atoms with Gasteiger partial charge in [0, 0.05) is 161 Å². The van der Waals surface area contributed by atoms with Crippen LogP contribution in [0.25, 0.3) is 0 Å². The van der Waals surface area contributed by atoms with Crippen LogP contribution >= 0.6 is 23.5 Å². The Morgan fingerprint density at radius 2 is 0.717 bits per heavy atom. The fourth-order valence-electron chi connectivity index (χ4n) is 15.0. The van der Waals surface area contributed by atoms with E-state index in [0.717, 1.165) is 140 Å². The van der Waals surface area contributed by atoms with Crippen molar-refractivity contribution in [1.29, 1.82) is 0 Å². The average Bonchev–Trinajstić information content (AvgIpc) is 1.65. The number of likely N-dealkylation sites (tertiary alicyclic amines) is 3. The van der Waals surface area contributed by atoms with E-state index in [1.165, 1.54) is 13.8 Å². The molecule has 8 fully saturated rings. The number of piperazine rings is 1. The molecule has 0 bridgehead atoms. The highest BCUT2D eigenvalue weighted by atomic mass is 32.2. The molecule has 41 heteroatoms. The summed E-state index contributed by atoms with van der Waals surface area (Å²) in [5, 5.41) is 3.23. The fourth-order valence-corrected chi connectivity index (χ4v) is 17.4. The van der Waals surface area contributed by atoms with Crippen molar-refractivity contribution in [2.45, 2.75) is 218 Å². The standard InChI is InChI=1S/C11H15N2O2.C10H15N3O2.2C10H14N2O2.C9H12N2O3.C9H13N2O3.C9H12N2O2S.C9H13N2O2S.C9H13N2O2/c1-9-6-8-13(15-9)11-5-3-4-7-12(11)10(2)14;1-7-5-12-10(15-7)9-6-11-3-4-13(9)8(2)14;2*1-7-6-11-10(14-7)9-4-3-5-12(9)8(2)13;1-6-3-10-9(14-6)8-4-13-5-11(8)7(2)12;1-7-3-4-11(14-7)9-5-13-6-10(9)8(2)12;1-6-3-10-9(13-6)8-4-14-5-11(8)7(2)12;1-7-3-4-11(13-7)9-5-14-6-10(9)8(2)12;1-7-3-6-11(13-7)9-4-5-10(9)8(2)12/h3-4,6,8,11H,5,7H2,1-2H3;5,9,11H,3-4,6H2,1-2H3;2*6,9H,3-5H2,1-2H3;3,8H,4-5H2,1-2H3;3-4,9H,5-6H2,1-2H3;3,8H,4-5H2,1-2H3;3-4,9H,5-6H2,1-2H3;3,6,9H,4-5H2,1-2H3/q+1;;;;;+1;;2*+1. The predicted molar refractivity (Wildman–Crippen MR) is 454 cm³/mol. The van der Waals surface area contributed by atoms with Gasteiger partial charge in [-0.15, -0.1) is 23.5 Å².